The van der Waals surface area contributed by atoms with Gasteiger partial charge in [0.1, 0.15) is 12.2 Å². The highest BCUT2D eigenvalue weighted by Crippen LogP contribution is 2.28. The van der Waals surface area contributed by atoms with Crippen molar-refractivity contribution in [2.45, 2.75) is 84.0 Å². The molecule has 38 heavy (non-hydrogen) atoms. The normalized spacial score (nSPS) is 12.9. The summed E-state index contributed by atoms with van der Waals surface area (Å²) in [7, 11) is 0. The maximum absolute atomic E-state index is 13.4. The average molecular weight is 518 g/mol. The van der Waals surface area contributed by atoms with Gasteiger partial charge in [0.15, 0.2) is 5.78 Å². The van der Waals surface area contributed by atoms with Crippen LogP contribution < -0.4 is 5.32 Å². The zero-order valence-corrected chi connectivity index (χ0v) is 22.9. The predicted molar refractivity (Wildman–Crippen MR) is 150 cm³/mol. The van der Waals surface area contributed by atoms with Crippen LogP contribution in [0.1, 0.15) is 76.8 Å². The summed E-state index contributed by atoms with van der Waals surface area (Å²) in [5.41, 5.74) is 1.37. The summed E-state index contributed by atoms with van der Waals surface area (Å²) in [4.78, 5) is 38.1. The predicted octanol–water partition coefficient (Wildman–Crippen LogP) is 7.10. The number of carbonyl (C=O) groups excluding carboxylic acids is 3. The summed E-state index contributed by atoms with van der Waals surface area (Å²) in [6.07, 6.45) is 1.50. The molecule has 0 aliphatic heterocycles. The minimum Gasteiger partial charge on any atom is -0.461 e. The molecule has 3 rings (SSSR count). The molecule has 0 fully saturated rings. The number of carbonyl (C=O) groups is 3. The number of rotatable bonds is 12. The maximum Gasteiger partial charge on any atom is 0.408 e. The second-order valence-corrected chi connectivity index (χ2v) is 10.7. The van der Waals surface area contributed by atoms with Gasteiger partial charge in [-0.15, -0.1) is 0 Å². The molecule has 0 saturated heterocycles. The highest BCUT2D eigenvalue weighted by atomic mass is 16.6. The van der Waals surface area contributed by atoms with E-state index in [2.05, 4.69) is 29.6 Å². The van der Waals surface area contributed by atoms with Crippen molar-refractivity contribution in [2.24, 2.45) is 0 Å². The van der Waals surface area contributed by atoms with Crippen LogP contribution >= 0.6 is 0 Å². The van der Waals surface area contributed by atoms with Crippen molar-refractivity contribution in [3.63, 3.8) is 0 Å². The zero-order chi connectivity index (χ0) is 27.5. The molecular weight excluding hydrogens is 478 g/mol. The van der Waals surface area contributed by atoms with Crippen molar-refractivity contribution in [1.82, 2.24) is 5.32 Å². The summed E-state index contributed by atoms with van der Waals surface area (Å²) in [6.45, 7) is 7.63. The number of Topliss-reactive ketones (excluding diaryl/α,β-unsaturated/α-hetero) is 1. The van der Waals surface area contributed by atoms with Crippen LogP contribution in [-0.4, -0.2) is 29.5 Å². The molecular formula is C32H39NO5. The summed E-state index contributed by atoms with van der Waals surface area (Å²) in [5.74, 6) is -0.353. The standard InChI is InChI=1S/C32H39NO5/c1-23(26-18-12-16-25-15-8-9-17-27(25)26)21-29(34)28(33-31(36)38-32(2,3)4)19-10-11-20-30(35)37-22-24-13-6-5-7-14-24/h5-9,12-18,23,28H,10-11,19-22H2,1-4H3,(H,33,36)/t23-,28+/m1/s1. The lowest BCUT2D eigenvalue weighted by molar-refractivity contribution is -0.145. The number of ether oxygens (including phenoxy) is 2. The topological polar surface area (TPSA) is 81.7 Å². The molecule has 0 aromatic heterocycles. The molecule has 0 aliphatic carbocycles. The largest absolute Gasteiger partial charge is 0.461 e. The maximum atomic E-state index is 13.4. The molecule has 3 aromatic rings. The molecule has 6 heteroatoms. The Morgan fingerprint density at radius 2 is 1.55 bits per heavy atom. The fraction of sp³-hybridized carbons (Fsp3) is 0.406. The van der Waals surface area contributed by atoms with E-state index in [1.165, 1.54) is 0 Å². The molecule has 0 saturated carbocycles. The van der Waals surface area contributed by atoms with Crippen molar-refractivity contribution in [3.05, 3.63) is 83.9 Å². The van der Waals surface area contributed by atoms with E-state index in [4.69, 9.17) is 9.47 Å². The van der Waals surface area contributed by atoms with Gasteiger partial charge < -0.3 is 14.8 Å². The van der Waals surface area contributed by atoms with E-state index >= 15 is 0 Å². The average Bonchev–Trinajstić information content (AvgIpc) is 2.88. The lowest BCUT2D eigenvalue weighted by Crippen LogP contribution is -2.43. The number of fused-ring (bicyclic) bond motifs is 1. The summed E-state index contributed by atoms with van der Waals surface area (Å²) >= 11 is 0. The number of ketones is 1. The Labute approximate surface area is 225 Å². The Balaban J connectivity index is 1.57. The number of hydrogen-bond donors (Lipinski definition) is 1. The molecule has 6 nitrogen and oxygen atoms in total. The SMILES string of the molecule is C[C@H](CC(=O)[C@H](CCCCC(=O)OCc1ccccc1)NC(=O)OC(C)(C)C)c1cccc2ccccc12. The third-order valence-electron chi connectivity index (χ3n) is 6.31. The first kappa shape index (κ1) is 28.9. The molecule has 3 aromatic carbocycles. The first-order valence-corrected chi connectivity index (χ1v) is 13.3. The van der Waals surface area contributed by atoms with Crippen LogP contribution in [0.4, 0.5) is 4.79 Å². The van der Waals surface area contributed by atoms with E-state index in [0.29, 0.717) is 19.3 Å². The van der Waals surface area contributed by atoms with Gasteiger partial charge in [-0.1, -0.05) is 86.1 Å². The van der Waals surface area contributed by atoms with Gasteiger partial charge in [-0.25, -0.2) is 4.79 Å². The minimum atomic E-state index is -0.692. The van der Waals surface area contributed by atoms with Gasteiger partial charge in [-0.3, -0.25) is 9.59 Å². The van der Waals surface area contributed by atoms with Gasteiger partial charge in [0.2, 0.25) is 0 Å². The second-order valence-electron chi connectivity index (χ2n) is 10.7. The second kappa shape index (κ2) is 13.8. The van der Waals surface area contributed by atoms with Gasteiger partial charge in [0, 0.05) is 12.8 Å². The highest BCUT2D eigenvalue weighted by Gasteiger charge is 2.26. The number of alkyl carbamates (subject to hydrolysis) is 1. The van der Waals surface area contributed by atoms with Crippen molar-refractivity contribution in [2.75, 3.05) is 0 Å². The molecule has 2 atom stereocenters. The van der Waals surface area contributed by atoms with E-state index in [1.807, 2.05) is 55.5 Å². The molecule has 202 valence electrons. The fourth-order valence-corrected chi connectivity index (χ4v) is 4.43. The van der Waals surface area contributed by atoms with Crippen molar-refractivity contribution in [1.29, 1.82) is 0 Å². The van der Waals surface area contributed by atoms with Crippen LogP contribution in [0.15, 0.2) is 72.8 Å². The van der Waals surface area contributed by atoms with E-state index < -0.39 is 17.7 Å². The molecule has 1 amide bonds. The molecule has 1 N–H and O–H groups in total. The lowest BCUT2D eigenvalue weighted by atomic mass is 9.89. The van der Waals surface area contributed by atoms with Gasteiger partial charge in [-0.05, 0) is 61.4 Å². The summed E-state index contributed by atoms with van der Waals surface area (Å²) in [6, 6.07) is 23.1. The number of amides is 1. The minimum absolute atomic E-state index is 0.0236. The molecule has 0 unspecified atom stereocenters. The van der Waals surface area contributed by atoms with Gasteiger partial charge in [0.05, 0.1) is 6.04 Å². The first-order chi connectivity index (χ1) is 18.1. The number of nitrogens with one attached hydrogen (secondary N) is 1. The summed E-state index contributed by atoms with van der Waals surface area (Å²) in [5, 5.41) is 5.03. The van der Waals surface area contributed by atoms with Crippen molar-refractivity contribution >= 4 is 28.6 Å². The van der Waals surface area contributed by atoms with Crippen LogP contribution in [0.5, 0.6) is 0 Å². The Bertz CT molecular complexity index is 1210. The van der Waals surface area contributed by atoms with Crippen LogP contribution in [0.3, 0.4) is 0 Å². The third-order valence-corrected chi connectivity index (χ3v) is 6.31. The lowest BCUT2D eigenvalue weighted by Gasteiger charge is -2.24. The molecule has 0 radical (unpaired) electrons. The molecule has 0 heterocycles. The third kappa shape index (κ3) is 9.33. The van der Waals surface area contributed by atoms with Crippen LogP contribution in [0, 0.1) is 0 Å². The Morgan fingerprint density at radius 3 is 2.29 bits per heavy atom. The zero-order valence-electron chi connectivity index (χ0n) is 22.9. The van der Waals surface area contributed by atoms with E-state index in [9.17, 15) is 14.4 Å². The molecule has 0 aliphatic rings. The van der Waals surface area contributed by atoms with Crippen LogP contribution in [-0.2, 0) is 25.7 Å². The van der Waals surface area contributed by atoms with E-state index in [-0.39, 0.29) is 37.1 Å². The fourth-order valence-electron chi connectivity index (χ4n) is 4.43. The number of hydrogen-bond acceptors (Lipinski definition) is 5. The number of unbranched alkanes of at least 4 members (excludes halogenated alkanes) is 1. The van der Waals surface area contributed by atoms with Gasteiger partial charge >= 0.3 is 12.1 Å². The Kier molecular flexibility index (Phi) is 10.5. The highest BCUT2D eigenvalue weighted by molar-refractivity contribution is 5.90. The van der Waals surface area contributed by atoms with Crippen molar-refractivity contribution in [3.8, 4) is 0 Å². The molecule has 0 spiro atoms. The summed E-state index contributed by atoms with van der Waals surface area (Å²) < 4.78 is 10.8. The van der Waals surface area contributed by atoms with Crippen LogP contribution in [0.2, 0.25) is 0 Å². The van der Waals surface area contributed by atoms with Crippen LogP contribution in [0.25, 0.3) is 10.8 Å². The monoisotopic (exact) mass is 517 g/mol. The van der Waals surface area contributed by atoms with Crippen molar-refractivity contribution < 1.29 is 23.9 Å². The first-order valence-electron chi connectivity index (χ1n) is 13.3. The quantitative estimate of drug-likeness (QED) is 0.205. The van der Waals surface area contributed by atoms with Gasteiger partial charge in [0.25, 0.3) is 0 Å². The Hall–Kier alpha value is -3.67. The molecule has 0 bridgehead atoms. The number of esters is 1. The number of benzene rings is 3. The van der Waals surface area contributed by atoms with E-state index in [1.54, 1.807) is 20.8 Å². The smallest absolute Gasteiger partial charge is 0.408 e. The van der Waals surface area contributed by atoms with Gasteiger partial charge in [-0.2, -0.15) is 0 Å². The van der Waals surface area contributed by atoms with E-state index in [0.717, 1.165) is 21.9 Å². The Morgan fingerprint density at radius 1 is 0.868 bits per heavy atom.